The molecule has 126 valence electrons. The Balaban J connectivity index is 1.34. The quantitative estimate of drug-likeness (QED) is 0.578. The summed E-state index contributed by atoms with van der Waals surface area (Å²) in [4.78, 5) is 15.2. The van der Waals surface area contributed by atoms with Gasteiger partial charge in [0, 0.05) is 42.8 Å². The summed E-state index contributed by atoms with van der Waals surface area (Å²) in [6.07, 6.45) is 8.96. The van der Waals surface area contributed by atoms with Crippen LogP contribution in [0.3, 0.4) is 0 Å². The molecule has 0 aliphatic carbocycles. The van der Waals surface area contributed by atoms with Crippen molar-refractivity contribution < 1.29 is 4.79 Å². The molecule has 0 radical (unpaired) electrons. The van der Waals surface area contributed by atoms with Crippen molar-refractivity contribution in [2.24, 2.45) is 0 Å². The van der Waals surface area contributed by atoms with Gasteiger partial charge in [-0.1, -0.05) is 18.2 Å². The third kappa shape index (κ3) is 4.47. The number of nitrogens with zero attached hydrogens (tertiary/aromatic N) is 2. The van der Waals surface area contributed by atoms with E-state index in [4.69, 9.17) is 0 Å². The molecule has 1 amide bonds. The van der Waals surface area contributed by atoms with E-state index in [1.54, 1.807) is 6.20 Å². The molecule has 2 heterocycles. The Morgan fingerprint density at radius 3 is 3.00 bits per heavy atom. The van der Waals surface area contributed by atoms with Gasteiger partial charge in [-0.3, -0.25) is 9.48 Å². The predicted octanol–water partition coefficient (Wildman–Crippen LogP) is 3.66. The number of nitrogens with one attached hydrogen (secondary N) is 2. The molecule has 0 fully saturated rings. The molecule has 2 N–H and O–H groups in total. The van der Waals surface area contributed by atoms with Gasteiger partial charge in [-0.05, 0) is 46.8 Å². The van der Waals surface area contributed by atoms with Crippen molar-refractivity contribution in [2.75, 3.05) is 6.54 Å². The van der Waals surface area contributed by atoms with E-state index in [0.717, 1.165) is 35.8 Å². The number of hydrogen-bond donors (Lipinski definition) is 2. The molecule has 0 aliphatic heterocycles. The van der Waals surface area contributed by atoms with Crippen LogP contribution in [-0.4, -0.2) is 27.2 Å². The minimum absolute atomic E-state index is 0.122. The number of benzene rings is 1. The molecule has 2 aromatic heterocycles. The van der Waals surface area contributed by atoms with E-state index in [1.165, 1.54) is 10.9 Å². The Morgan fingerprint density at radius 2 is 2.17 bits per heavy atom. The van der Waals surface area contributed by atoms with Crippen molar-refractivity contribution in [3.05, 3.63) is 52.9 Å². The number of para-hydroxylation sites is 1. The molecule has 6 heteroatoms. The lowest BCUT2D eigenvalue weighted by Crippen LogP contribution is -2.25. The second-order valence-electron chi connectivity index (χ2n) is 5.84. The average Bonchev–Trinajstić information content (AvgIpc) is 3.18. The van der Waals surface area contributed by atoms with Crippen LogP contribution >= 0.6 is 15.9 Å². The highest BCUT2D eigenvalue weighted by Crippen LogP contribution is 2.19. The van der Waals surface area contributed by atoms with Crippen LogP contribution in [-0.2, 0) is 17.8 Å². The normalized spacial score (nSPS) is 11.0. The Kier molecular flexibility index (Phi) is 5.69. The largest absolute Gasteiger partial charge is 0.361 e. The van der Waals surface area contributed by atoms with E-state index in [-0.39, 0.29) is 5.91 Å². The van der Waals surface area contributed by atoms with E-state index < -0.39 is 0 Å². The van der Waals surface area contributed by atoms with Crippen LogP contribution in [0.25, 0.3) is 10.9 Å². The first kappa shape index (κ1) is 16.8. The number of halogens is 1. The second-order valence-corrected chi connectivity index (χ2v) is 6.75. The van der Waals surface area contributed by atoms with Crippen LogP contribution in [0.1, 0.15) is 24.8 Å². The van der Waals surface area contributed by atoms with Gasteiger partial charge in [0.25, 0.3) is 0 Å². The van der Waals surface area contributed by atoms with E-state index in [9.17, 15) is 4.79 Å². The van der Waals surface area contributed by atoms with Gasteiger partial charge in [-0.2, -0.15) is 5.10 Å². The maximum atomic E-state index is 11.9. The SMILES string of the molecule is O=C(CCCc1c[nH]c2ccccc12)NCCCn1cc(Br)cn1. The van der Waals surface area contributed by atoms with Crippen LogP contribution in [0, 0.1) is 0 Å². The zero-order valence-corrected chi connectivity index (χ0v) is 15.1. The molecule has 24 heavy (non-hydrogen) atoms. The molecule has 0 atom stereocenters. The molecular formula is C18H21BrN4O. The van der Waals surface area contributed by atoms with Gasteiger partial charge in [0.15, 0.2) is 0 Å². The van der Waals surface area contributed by atoms with Crippen LogP contribution < -0.4 is 5.32 Å². The number of carbonyl (C=O) groups excluding carboxylic acids is 1. The van der Waals surface area contributed by atoms with Gasteiger partial charge in [-0.15, -0.1) is 0 Å². The fourth-order valence-corrected chi connectivity index (χ4v) is 3.12. The number of rotatable bonds is 8. The van der Waals surface area contributed by atoms with E-state index in [0.29, 0.717) is 13.0 Å². The minimum Gasteiger partial charge on any atom is -0.361 e. The van der Waals surface area contributed by atoms with Crippen molar-refractivity contribution in [2.45, 2.75) is 32.2 Å². The molecule has 0 saturated heterocycles. The molecule has 0 bridgehead atoms. The third-order valence-corrected chi connectivity index (χ3v) is 4.42. The van der Waals surface area contributed by atoms with Crippen LogP contribution in [0.2, 0.25) is 0 Å². The van der Waals surface area contributed by atoms with Crippen LogP contribution in [0.15, 0.2) is 47.3 Å². The highest BCUT2D eigenvalue weighted by atomic mass is 79.9. The fourth-order valence-electron chi connectivity index (χ4n) is 2.80. The smallest absolute Gasteiger partial charge is 0.220 e. The molecule has 5 nitrogen and oxygen atoms in total. The Morgan fingerprint density at radius 1 is 1.29 bits per heavy atom. The number of carbonyl (C=O) groups is 1. The first-order valence-corrected chi connectivity index (χ1v) is 9.01. The molecule has 0 aliphatic rings. The number of aromatic nitrogens is 3. The Labute approximate surface area is 149 Å². The van der Waals surface area contributed by atoms with E-state index >= 15 is 0 Å². The zero-order chi connectivity index (χ0) is 16.8. The lowest BCUT2D eigenvalue weighted by Gasteiger charge is -2.05. The number of H-pyrrole nitrogens is 1. The maximum Gasteiger partial charge on any atom is 0.220 e. The summed E-state index contributed by atoms with van der Waals surface area (Å²) in [5.74, 6) is 0.122. The van der Waals surface area contributed by atoms with Crippen LogP contribution in [0.4, 0.5) is 0 Å². The zero-order valence-electron chi connectivity index (χ0n) is 13.5. The Hall–Kier alpha value is -2.08. The molecule has 0 unspecified atom stereocenters. The molecule has 3 aromatic rings. The van der Waals surface area contributed by atoms with Crippen molar-refractivity contribution in [1.82, 2.24) is 20.1 Å². The van der Waals surface area contributed by atoms with Gasteiger partial charge in [0.05, 0.1) is 10.7 Å². The number of aryl methyl sites for hydroxylation is 2. The van der Waals surface area contributed by atoms with Gasteiger partial charge >= 0.3 is 0 Å². The first-order chi connectivity index (χ1) is 11.7. The molecule has 1 aromatic carbocycles. The summed E-state index contributed by atoms with van der Waals surface area (Å²) < 4.78 is 2.84. The summed E-state index contributed by atoms with van der Waals surface area (Å²) >= 11 is 3.37. The number of fused-ring (bicyclic) bond motifs is 1. The molecular weight excluding hydrogens is 368 g/mol. The fraction of sp³-hybridized carbons (Fsp3) is 0.333. The minimum atomic E-state index is 0.122. The van der Waals surface area contributed by atoms with Gasteiger partial charge < -0.3 is 10.3 Å². The molecule has 0 spiro atoms. The van der Waals surface area contributed by atoms with Crippen molar-refractivity contribution >= 4 is 32.7 Å². The number of amides is 1. The Bertz CT molecular complexity index is 808. The van der Waals surface area contributed by atoms with Crippen molar-refractivity contribution in [3.63, 3.8) is 0 Å². The predicted molar refractivity (Wildman–Crippen MR) is 98.8 cm³/mol. The van der Waals surface area contributed by atoms with Crippen LogP contribution in [0.5, 0.6) is 0 Å². The summed E-state index contributed by atoms with van der Waals surface area (Å²) in [5.41, 5.74) is 2.44. The van der Waals surface area contributed by atoms with Gasteiger partial charge in [0.1, 0.15) is 0 Å². The monoisotopic (exact) mass is 388 g/mol. The highest BCUT2D eigenvalue weighted by Gasteiger charge is 2.05. The van der Waals surface area contributed by atoms with Crippen molar-refractivity contribution in [3.8, 4) is 0 Å². The lowest BCUT2D eigenvalue weighted by molar-refractivity contribution is -0.121. The highest BCUT2D eigenvalue weighted by molar-refractivity contribution is 9.10. The second kappa shape index (κ2) is 8.15. The summed E-state index contributed by atoms with van der Waals surface area (Å²) in [6, 6.07) is 8.26. The van der Waals surface area contributed by atoms with Gasteiger partial charge in [0.2, 0.25) is 5.91 Å². The topological polar surface area (TPSA) is 62.7 Å². The van der Waals surface area contributed by atoms with Gasteiger partial charge in [-0.25, -0.2) is 0 Å². The lowest BCUT2D eigenvalue weighted by atomic mass is 10.1. The first-order valence-electron chi connectivity index (χ1n) is 8.22. The van der Waals surface area contributed by atoms with E-state index in [2.05, 4.69) is 43.5 Å². The average molecular weight is 389 g/mol. The summed E-state index contributed by atoms with van der Waals surface area (Å²) in [5, 5.41) is 8.42. The van der Waals surface area contributed by atoms with E-state index in [1.807, 2.05) is 29.2 Å². The third-order valence-electron chi connectivity index (χ3n) is 4.01. The number of hydrogen-bond acceptors (Lipinski definition) is 2. The summed E-state index contributed by atoms with van der Waals surface area (Å²) in [7, 11) is 0. The number of aromatic amines is 1. The standard InChI is InChI=1S/C18H21BrN4O/c19-15-12-22-23(13-15)10-4-9-20-18(24)8-3-5-14-11-21-17-7-2-1-6-16(14)17/h1-2,6-7,11-13,21H,3-5,8-10H2,(H,20,24). The molecule has 3 rings (SSSR count). The molecule has 0 saturated carbocycles. The maximum absolute atomic E-state index is 11.9. The van der Waals surface area contributed by atoms with Crippen molar-refractivity contribution in [1.29, 1.82) is 0 Å². The summed E-state index contributed by atoms with van der Waals surface area (Å²) in [6.45, 7) is 1.49.